The number of hydrogen-bond donors (Lipinski definition) is 1. The molecule has 0 atom stereocenters. The van der Waals surface area contributed by atoms with Crippen molar-refractivity contribution in [3.63, 3.8) is 0 Å². The monoisotopic (exact) mass is 262 g/mol. The summed E-state index contributed by atoms with van der Waals surface area (Å²) in [7, 11) is 0. The fourth-order valence-electron chi connectivity index (χ4n) is 1.52. The van der Waals surface area contributed by atoms with E-state index >= 15 is 0 Å². The van der Waals surface area contributed by atoms with Crippen LogP contribution in [0.3, 0.4) is 0 Å². The molecule has 19 heavy (non-hydrogen) atoms. The maximum absolute atomic E-state index is 11.4. The molecular formula is C14H18N2O3. The van der Waals surface area contributed by atoms with E-state index in [2.05, 4.69) is 12.2 Å². The van der Waals surface area contributed by atoms with Gasteiger partial charge in [-0.05, 0) is 30.2 Å². The molecule has 0 aromatic heterocycles. The van der Waals surface area contributed by atoms with Gasteiger partial charge in [0.2, 0.25) is 5.91 Å². The predicted octanol–water partition coefficient (Wildman–Crippen LogP) is 2.91. The first kappa shape index (κ1) is 14.9. The highest BCUT2D eigenvalue weighted by Gasteiger charge is 2.02. The molecule has 0 bridgehead atoms. The van der Waals surface area contributed by atoms with Crippen molar-refractivity contribution in [2.45, 2.75) is 26.2 Å². The Morgan fingerprint density at radius 2 is 2.00 bits per heavy atom. The van der Waals surface area contributed by atoms with Crippen molar-refractivity contribution >= 4 is 17.7 Å². The van der Waals surface area contributed by atoms with Crippen LogP contribution in [0.25, 0.3) is 6.08 Å². The molecule has 1 rings (SSSR count). The standard InChI is InChI=1S/C14H18N2O3/c1-2-3-4-11-15-14(17)10-7-12-5-8-13(9-6-12)16(18)19/h5-10H,2-4,11H2,1H3,(H,15,17)/b10-7+. The lowest BCUT2D eigenvalue weighted by Crippen LogP contribution is -2.21. The molecule has 1 N–H and O–H groups in total. The van der Waals surface area contributed by atoms with E-state index in [0.717, 1.165) is 24.8 Å². The van der Waals surface area contributed by atoms with Gasteiger partial charge in [0, 0.05) is 24.8 Å². The number of rotatable bonds is 7. The maximum Gasteiger partial charge on any atom is 0.269 e. The second-order valence-electron chi connectivity index (χ2n) is 4.18. The van der Waals surface area contributed by atoms with Gasteiger partial charge in [-0.1, -0.05) is 19.8 Å². The lowest BCUT2D eigenvalue weighted by Gasteiger charge is -2.00. The van der Waals surface area contributed by atoms with Crippen molar-refractivity contribution in [2.24, 2.45) is 0 Å². The van der Waals surface area contributed by atoms with Crippen LogP contribution in [-0.4, -0.2) is 17.4 Å². The molecule has 0 spiro atoms. The molecule has 102 valence electrons. The van der Waals surface area contributed by atoms with Gasteiger partial charge in [0.15, 0.2) is 0 Å². The largest absolute Gasteiger partial charge is 0.353 e. The number of amides is 1. The SMILES string of the molecule is CCCCCNC(=O)/C=C/c1ccc([N+](=O)[O-])cc1. The molecule has 0 aliphatic heterocycles. The van der Waals surface area contributed by atoms with Crippen LogP contribution in [0.4, 0.5) is 5.69 Å². The topological polar surface area (TPSA) is 72.2 Å². The van der Waals surface area contributed by atoms with Crippen LogP contribution in [0.2, 0.25) is 0 Å². The van der Waals surface area contributed by atoms with Gasteiger partial charge in [-0.2, -0.15) is 0 Å². The Morgan fingerprint density at radius 3 is 2.58 bits per heavy atom. The quantitative estimate of drug-likeness (QED) is 0.355. The lowest BCUT2D eigenvalue weighted by atomic mass is 10.2. The van der Waals surface area contributed by atoms with E-state index in [9.17, 15) is 14.9 Å². The minimum Gasteiger partial charge on any atom is -0.353 e. The highest BCUT2D eigenvalue weighted by molar-refractivity contribution is 5.91. The number of non-ortho nitro benzene ring substituents is 1. The van der Waals surface area contributed by atoms with Crippen molar-refractivity contribution < 1.29 is 9.72 Å². The molecular weight excluding hydrogens is 244 g/mol. The van der Waals surface area contributed by atoms with E-state index in [0.29, 0.717) is 6.54 Å². The van der Waals surface area contributed by atoms with Crippen LogP contribution in [0.5, 0.6) is 0 Å². The average Bonchev–Trinajstić information content (AvgIpc) is 2.42. The number of nitro groups is 1. The zero-order chi connectivity index (χ0) is 14.1. The molecule has 1 aromatic carbocycles. The molecule has 0 fully saturated rings. The van der Waals surface area contributed by atoms with Crippen LogP contribution in [-0.2, 0) is 4.79 Å². The zero-order valence-electron chi connectivity index (χ0n) is 11.0. The Hall–Kier alpha value is -2.17. The average molecular weight is 262 g/mol. The van der Waals surface area contributed by atoms with Gasteiger partial charge in [-0.25, -0.2) is 0 Å². The van der Waals surface area contributed by atoms with Gasteiger partial charge in [0.1, 0.15) is 0 Å². The van der Waals surface area contributed by atoms with E-state index in [4.69, 9.17) is 0 Å². The van der Waals surface area contributed by atoms with Crippen LogP contribution >= 0.6 is 0 Å². The molecule has 0 aliphatic carbocycles. The molecule has 0 saturated heterocycles. The maximum atomic E-state index is 11.4. The van der Waals surface area contributed by atoms with Crippen LogP contribution in [0.1, 0.15) is 31.7 Å². The first-order chi connectivity index (χ1) is 9.13. The molecule has 5 heteroatoms. The summed E-state index contributed by atoms with van der Waals surface area (Å²) in [4.78, 5) is 21.5. The van der Waals surface area contributed by atoms with Crippen molar-refractivity contribution in [2.75, 3.05) is 6.54 Å². The minimum absolute atomic E-state index is 0.0427. The molecule has 0 aliphatic rings. The summed E-state index contributed by atoms with van der Waals surface area (Å²) in [5.74, 6) is -0.144. The Morgan fingerprint density at radius 1 is 1.32 bits per heavy atom. The molecule has 0 heterocycles. The molecule has 1 aromatic rings. The zero-order valence-corrected chi connectivity index (χ0v) is 11.0. The van der Waals surface area contributed by atoms with Gasteiger partial charge >= 0.3 is 0 Å². The van der Waals surface area contributed by atoms with Crippen LogP contribution in [0.15, 0.2) is 30.3 Å². The third-order valence-electron chi connectivity index (χ3n) is 2.61. The second-order valence-corrected chi connectivity index (χ2v) is 4.18. The molecule has 1 amide bonds. The van der Waals surface area contributed by atoms with E-state index < -0.39 is 4.92 Å². The Bertz CT molecular complexity index is 452. The number of carbonyl (C=O) groups excluding carboxylic acids is 1. The molecule has 5 nitrogen and oxygen atoms in total. The summed E-state index contributed by atoms with van der Waals surface area (Å²) in [5, 5.41) is 13.3. The minimum atomic E-state index is -0.450. The van der Waals surface area contributed by atoms with Gasteiger partial charge in [0.25, 0.3) is 5.69 Å². The van der Waals surface area contributed by atoms with Crippen molar-refractivity contribution in [1.29, 1.82) is 0 Å². The Labute approximate surface area is 112 Å². The molecule has 0 saturated carbocycles. The molecule has 0 radical (unpaired) electrons. The summed E-state index contributed by atoms with van der Waals surface area (Å²) >= 11 is 0. The first-order valence-corrected chi connectivity index (χ1v) is 6.34. The van der Waals surface area contributed by atoms with Crippen molar-refractivity contribution in [1.82, 2.24) is 5.32 Å². The third kappa shape index (κ3) is 5.81. The summed E-state index contributed by atoms with van der Waals surface area (Å²) in [6, 6.07) is 6.05. The highest BCUT2D eigenvalue weighted by atomic mass is 16.6. The number of carbonyl (C=O) groups is 1. The third-order valence-corrected chi connectivity index (χ3v) is 2.61. The van der Waals surface area contributed by atoms with Crippen LogP contribution < -0.4 is 5.32 Å². The second kappa shape index (κ2) is 8.02. The Balaban J connectivity index is 2.43. The Kier molecular flexibility index (Phi) is 6.29. The van der Waals surface area contributed by atoms with Gasteiger partial charge in [-0.15, -0.1) is 0 Å². The van der Waals surface area contributed by atoms with E-state index in [1.807, 2.05) is 0 Å². The summed E-state index contributed by atoms with van der Waals surface area (Å²) < 4.78 is 0. The number of nitrogens with zero attached hydrogens (tertiary/aromatic N) is 1. The highest BCUT2D eigenvalue weighted by Crippen LogP contribution is 2.12. The fourth-order valence-corrected chi connectivity index (χ4v) is 1.52. The lowest BCUT2D eigenvalue weighted by molar-refractivity contribution is -0.384. The van der Waals surface area contributed by atoms with Crippen molar-refractivity contribution in [3.05, 3.63) is 46.0 Å². The molecule has 0 unspecified atom stereocenters. The van der Waals surface area contributed by atoms with Gasteiger partial charge < -0.3 is 5.32 Å². The summed E-state index contributed by atoms with van der Waals surface area (Å²) in [5.41, 5.74) is 0.801. The summed E-state index contributed by atoms with van der Waals surface area (Å²) in [6.45, 7) is 2.79. The van der Waals surface area contributed by atoms with Crippen LogP contribution in [0, 0.1) is 10.1 Å². The smallest absolute Gasteiger partial charge is 0.269 e. The van der Waals surface area contributed by atoms with Crippen molar-refractivity contribution in [3.8, 4) is 0 Å². The summed E-state index contributed by atoms with van der Waals surface area (Å²) in [6.07, 6.45) is 6.28. The normalized spacial score (nSPS) is 10.6. The van der Waals surface area contributed by atoms with E-state index in [-0.39, 0.29) is 11.6 Å². The van der Waals surface area contributed by atoms with E-state index in [1.165, 1.54) is 18.2 Å². The number of nitrogens with one attached hydrogen (secondary N) is 1. The number of nitro benzene ring substituents is 1. The number of unbranched alkanes of at least 4 members (excludes halogenated alkanes) is 2. The predicted molar refractivity (Wildman–Crippen MR) is 74.7 cm³/mol. The number of hydrogen-bond acceptors (Lipinski definition) is 3. The van der Waals surface area contributed by atoms with Gasteiger partial charge in [0.05, 0.1) is 4.92 Å². The number of benzene rings is 1. The first-order valence-electron chi connectivity index (χ1n) is 6.34. The van der Waals surface area contributed by atoms with E-state index in [1.54, 1.807) is 18.2 Å². The van der Waals surface area contributed by atoms with Gasteiger partial charge in [-0.3, -0.25) is 14.9 Å². The fraction of sp³-hybridized carbons (Fsp3) is 0.357.